The molecule has 3 heterocycles. The number of thioether (sulfide) groups is 1. The van der Waals surface area contributed by atoms with Crippen LogP contribution in [-0.4, -0.2) is 79.3 Å². The van der Waals surface area contributed by atoms with E-state index in [0.717, 1.165) is 49.0 Å². The van der Waals surface area contributed by atoms with Gasteiger partial charge in [0.05, 0.1) is 22.8 Å². The predicted octanol–water partition coefficient (Wildman–Crippen LogP) is 2.98. The van der Waals surface area contributed by atoms with Gasteiger partial charge in [0.1, 0.15) is 12.4 Å². The molecule has 3 aliphatic rings. The van der Waals surface area contributed by atoms with Gasteiger partial charge in [-0.15, -0.1) is 0 Å². The number of likely N-dealkylation sites (N-methyl/N-ethyl adjacent to an activating group) is 2. The molecule has 10 heteroatoms. The zero-order valence-corrected chi connectivity index (χ0v) is 22.4. The van der Waals surface area contributed by atoms with Gasteiger partial charge in [0.15, 0.2) is 5.50 Å². The largest absolute Gasteiger partial charge is 0.489 e. The van der Waals surface area contributed by atoms with Gasteiger partial charge in [-0.05, 0) is 39.1 Å². The van der Waals surface area contributed by atoms with E-state index in [4.69, 9.17) is 9.57 Å². The summed E-state index contributed by atoms with van der Waals surface area (Å²) >= 11 is 1.42. The van der Waals surface area contributed by atoms with Gasteiger partial charge in [-0.1, -0.05) is 25.6 Å². The first kappa shape index (κ1) is 25.5. The van der Waals surface area contributed by atoms with Crippen LogP contribution in [0.3, 0.4) is 0 Å². The summed E-state index contributed by atoms with van der Waals surface area (Å²) in [5.41, 5.74) is 1.97. The van der Waals surface area contributed by atoms with Crippen LogP contribution in [0.25, 0.3) is 0 Å². The lowest BCUT2D eigenvalue weighted by atomic mass is 9.94. The topological polar surface area (TPSA) is 77.6 Å². The molecule has 0 bridgehead atoms. The minimum Gasteiger partial charge on any atom is -0.489 e. The third-order valence-corrected chi connectivity index (χ3v) is 7.96. The quantitative estimate of drug-likeness (QED) is 0.576. The molecular weight excluding hydrogens is 466 g/mol. The van der Waals surface area contributed by atoms with Gasteiger partial charge in [0.2, 0.25) is 0 Å². The van der Waals surface area contributed by atoms with E-state index in [9.17, 15) is 9.59 Å². The maximum absolute atomic E-state index is 12.9. The number of nitrogens with one attached hydrogen (secondary N) is 1. The summed E-state index contributed by atoms with van der Waals surface area (Å²) in [7, 11) is 2.10. The van der Waals surface area contributed by atoms with E-state index in [1.165, 1.54) is 18.7 Å². The number of benzene rings is 1. The normalized spacial score (nSPS) is 20.9. The fourth-order valence-corrected chi connectivity index (χ4v) is 5.99. The van der Waals surface area contributed by atoms with Gasteiger partial charge in [-0.3, -0.25) is 9.59 Å². The van der Waals surface area contributed by atoms with E-state index >= 15 is 0 Å². The summed E-state index contributed by atoms with van der Waals surface area (Å²) in [6.45, 7) is 14.8. The molecule has 0 aliphatic carbocycles. The number of nitrogens with zero attached hydrogens (tertiary/aromatic N) is 4. The zero-order chi connectivity index (χ0) is 25.3. The molecule has 0 fully saturated rings. The van der Waals surface area contributed by atoms with Crippen molar-refractivity contribution in [2.24, 2.45) is 0 Å². The fraction of sp³-hybridized carbons (Fsp3) is 0.600. The molecule has 0 saturated carbocycles. The number of amides is 1. The lowest BCUT2D eigenvalue weighted by Crippen LogP contribution is -2.50. The summed E-state index contributed by atoms with van der Waals surface area (Å²) in [6.07, 6.45) is 0.582. The van der Waals surface area contributed by atoms with Crippen LogP contribution in [0.15, 0.2) is 28.8 Å². The van der Waals surface area contributed by atoms with Crippen LogP contribution in [0.5, 0.6) is 5.75 Å². The molecule has 1 N–H and O–H groups in total. The summed E-state index contributed by atoms with van der Waals surface area (Å²) in [5.74, 6) is 0.257. The molecule has 9 nitrogen and oxygen atoms in total. The maximum Gasteiger partial charge on any atom is 0.329 e. The lowest BCUT2D eigenvalue weighted by Gasteiger charge is -2.40. The molecule has 1 atom stereocenters. The molecule has 0 aromatic heterocycles. The molecule has 1 aromatic carbocycles. The molecule has 35 heavy (non-hydrogen) atoms. The first-order valence-corrected chi connectivity index (χ1v) is 13.2. The van der Waals surface area contributed by atoms with Crippen LogP contribution in [0, 0.1) is 0 Å². The Morgan fingerprint density at radius 1 is 1.29 bits per heavy atom. The minimum absolute atomic E-state index is 0.125. The van der Waals surface area contributed by atoms with Crippen LogP contribution in [-0.2, 0) is 14.4 Å². The van der Waals surface area contributed by atoms with Crippen LogP contribution in [0.2, 0.25) is 0 Å². The molecule has 192 valence electrons. The maximum atomic E-state index is 12.9. The Labute approximate surface area is 212 Å². The Morgan fingerprint density at radius 3 is 2.71 bits per heavy atom. The number of hydrogen-bond donors (Lipinski definition) is 1. The Morgan fingerprint density at radius 2 is 2.03 bits per heavy atom. The Bertz CT molecular complexity index is 1010. The highest BCUT2D eigenvalue weighted by Crippen LogP contribution is 2.48. The van der Waals surface area contributed by atoms with Gasteiger partial charge < -0.3 is 29.6 Å². The predicted molar refractivity (Wildman–Crippen MR) is 139 cm³/mol. The minimum atomic E-state index is -0.419. The molecule has 1 amide bonds. The molecule has 3 aliphatic heterocycles. The molecular formula is C25H37N5O4S. The lowest BCUT2D eigenvalue weighted by molar-refractivity contribution is -0.182. The number of ether oxygens (including phenoxy) is 1. The summed E-state index contributed by atoms with van der Waals surface area (Å²) < 4.78 is 6.05. The number of rotatable bonds is 8. The van der Waals surface area contributed by atoms with Gasteiger partial charge >= 0.3 is 5.97 Å². The highest BCUT2D eigenvalue weighted by atomic mass is 32.2. The molecule has 0 radical (unpaired) electrons. The van der Waals surface area contributed by atoms with Crippen LogP contribution >= 0.6 is 11.8 Å². The van der Waals surface area contributed by atoms with E-state index < -0.39 is 11.5 Å². The van der Waals surface area contributed by atoms with E-state index in [-0.39, 0.29) is 11.4 Å². The van der Waals surface area contributed by atoms with Crippen molar-refractivity contribution in [2.75, 3.05) is 56.2 Å². The van der Waals surface area contributed by atoms with Crippen LogP contribution in [0.4, 0.5) is 11.4 Å². The average molecular weight is 504 g/mol. The third kappa shape index (κ3) is 5.33. The molecule has 4 rings (SSSR count). The average Bonchev–Trinajstić information content (AvgIpc) is 3.15. The first-order valence-electron chi connectivity index (χ1n) is 12.3. The SMILES string of the molecule is CCN(CC)CCN(C)c1ccc2c(c1)OCCN2C1SC2=C(CC(C)(C)NC2=O)N1OC(C)=O. The second-order valence-corrected chi connectivity index (χ2v) is 10.9. The highest BCUT2D eigenvalue weighted by molar-refractivity contribution is 8.04. The number of hydrogen-bond acceptors (Lipinski definition) is 9. The van der Waals surface area contributed by atoms with Gasteiger partial charge in [0.25, 0.3) is 5.91 Å². The van der Waals surface area contributed by atoms with E-state index in [1.54, 1.807) is 5.06 Å². The highest BCUT2D eigenvalue weighted by Gasteiger charge is 2.47. The van der Waals surface area contributed by atoms with E-state index in [2.05, 4.69) is 59.1 Å². The Balaban J connectivity index is 1.58. The fourth-order valence-electron chi connectivity index (χ4n) is 4.71. The number of anilines is 2. The van der Waals surface area contributed by atoms with Crippen molar-refractivity contribution in [3.8, 4) is 5.75 Å². The number of carbonyl (C=O) groups is 2. The second-order valence-electron chi connectivity index (χ2n) is 9.79. The van der Waals surface area contributed by atoms with Crippen molar-refractivity contribution in [1.82, 2.24) is 15.3 Å². The van der Waals surface area contributed by atoms with Crippen molar-refractivity contribution in [1.29, 1.82) is 0 Å². The van der Waals surface area contributed by atoms with Crippen LogP contribution < -0.4 is 19.9 Å². The van der Waals surface area contributed by atoms with Gasteiger partial charge in [0, 0.05) is 50.8 Å². The van der Waals surface area contributed by atoms with Crippen molar-refractivity contribution in [3.05, 3.63) is 28.8 Å². The summed E-state index contributed by atoms with van der Waals surface area (Å²) in [4.78, 5) is 38.0. The molecule has 1 aromatic rings. The monoisotopic (exact) mass is 503 g/mol. The van der Waals surface area contributed by atoms with Gasteiger partial charge in [-0.2, -0.15) is 5.06 Å². The van der Waals surface area contributed by atoms with Crippen molar-refractivity contribution >= 4 is 35.0 Å². The Hall–Kier alpha value is -2.59. The van der Waals surface area contributed by atoms with Crippen LogP contribution in [0.1, 0.15) is 41.0 Å². The number of fused-ring (bicyclic) bond motifs is 1. The molecule has 0 spiro atoms. The standard InChI is InChI=1S/C25H37N5O4S/c1-7-28(8-2)12-11-27(6)18-9-10-19-21(15-18)33-14-13-29(19)24-30(34-17(3)31)20-16-25(4,5)26-23(32)22(20)35-24/h9-10,15,24H,7-8,11-14,16H2,1-6H3,(H,26,32). The van der Waals surface area contributed by atoms with Crippen molar-refractivity contribution < 1.29 is 19.2 Å². The third-order valence-electron chi connectivity index (χ3n) is 6.64. The van der Waals surface area contributed by atoms with Crippen molar-refractivity contribution in [2.45, 2.75) is 52.1 Å². The van der Waals surface area contributed by atoms with Gasteiger partial charge in [-0.25, -0.2) is 0 Å². The second kappa shape index (κ2) is 10.2. The van der Waals surface area contributed by atoms with E-state index in [1.807, 2.05) is 13.8 Å². The summed E-state index contributed by atoms with van der Waals surface area (Å²) in [5, 5.41) is 4.68. The summed E-state index contributed by atoms with van der Waals surface area (Å²) in [6, 6.07) is 6.23. The Kier molecular flexibility index (Phi) is 7.42. The first-order chi connectivity index (χ1) is 16.6. The van der Waals surface area contributed by atoms with E-state index in [0.29, 0.717) is 24.5 Å². The molecule has 1 unspecified atom stereocenters. The molecule has 0 saturated heterocycles. The zero-order valence-electron chi connectivity index (χ0n) is 21.6. The van der Waals surface area contributed by atoms with Crippen molar-refractivity contribution in [3.63, 3.8) is 0 Å². The number of carbonyl (C=O) groups excluding carboxylic acids is 2. The smallest absolute Gasteiger partial charge is 0.329 e. The number of hydroxylamine groups is 2.